The van der Waals surface area contributed by atoms with Crippen LogP contribution in [0.5, 0.6) is 0 Å². The van der Waals surface area contributed by atoms with Gasteiger partial charge in [-0.25, -0.2) is 0 Å². The molecule has 0 aromatic heterocycles. The van der Waals surface area contributed by atoms with E-state index in [0.717, 1.165) is 19.5 Å². The van der Waals surface area contributed by atoms with Crippen LogP contribution >= 0.6 is 0 Å². The summed E-state index contributed by atoms with van der Waals surface area (Å²) in [4.78, 5) is 13.5. The van der Waals surface area contributed by atoms with E-state index in [1.54, 1.807) is 0 Å². The summed E-state index contributed by atoms with van der Waals surface area (Å²) < 4.78 is 0. The zero-order valence-corrected chi connectivity index (χ0v) is 9.80. The summed E-state index contributed by atoms with van der Waals surface area (Å²) in [6.07, 6.45) is 0.937. The average Bonchev–Trinajstić information content (AvgIpc) is 2.37. The molecule has 1 amide bonds. The lowest BCUT2D eigenvalue weighted by atomic mass is 10.1. The molecule has 1 aliphatic heterocycles. The van der Waals surface area contributed by atoms with Gasteiger partial charge in [-0.3, -0.25) is 9.69 Å². The lowest BCUT2D eigenvalue weighted by Gasteiger charge is -2.32. The molecule has 2 rings (SSSR count). The van der Waals surface area contributed by atoms with Gasteiger partial charge in [-0.05, 0) is 12.0 Å². The second-order valence-electron chi connectivity index (χ2n) is 4.42. The number of hydrogen-bond acceptors (Lipinski definition) is 3. The van der Waals surface area contributed by atoms with Crippen molar-refractivity contribution in [1.82, 2.24) is 10.2 Å². The summed E-state index contributed by atoms with van der Waals surface area (Å²) in [5.74, 6) is 0.00311. The summed E-state index contributed by atoms with van der Waals surface area (Å²) in [5, 5.41) is 11.8. The predicted octanol–water partition coefficient (Wildman–Crippen LogP) is 0.0218. The van der Waals surface area contributed by atoms with E-state index in [2.05, 4.69) is 22.3 Å². The fourth-order valence-electron chi connectivity index (χ4n) is 2.10. The number of aliphatic hydroxyl groups is 1. The fraction of sp³-hybridized carbons (Fsp3) is 0.462. The number of piperazine rings is 1. The molecule has 4 heteroatoms. The number of benzene rings is 1. The van der Waals surface area contributed by atoms with Crippen LogP contribution in [0.25, 0.3) is 0 Å². The number of nitrogens with zero attached hydrogens (tertiary/aromatic N) is 1. The van der Waals surface area contributed by atoms with Crippen molar-refractivity contribution in [3.8, 4) is 0 Å². The van der Waals surface area contributed by atoms with Crippen molar-refractivity contribution in [3.63, 3.8) is 0 Å². The molecule has 0 aliphatic carbocycles. The molecule has 1 unspecified atom stereocenters. The lowest BCUT2D eigenvalue weighted by Crippen LogP contribution is -2.55. The van der Waals surface area contributed by atoms with Crippen LogP contribution in [-0.4, -0.2) is 48.2 Å². The van der Waals surface area contributed by atoms with Crippen molar-refractivity contribution < 1.29 is 9.90 Å². The number of amides is 1. The van der Waals surface area contributed by atoms with Crippen LogP contribution in [0.1, 0.15) is 5.56 Å². The first-order valence-corrected chi connectivity index (χ1v) is 5.94. The summed E-state index contributed by atoms with van der Waals surface area (Å²) in [5.41, 5.74) is 1.28. The maximum absolute atomic E-state index is 11.4. The minimum absolute atomic E-state index is 0.00311. The topological polar surface area (TPSA) is 52.6 Å². The Morgan fingerprint density at radius 2 is 2.12 bits per heavy atom. The van der Waals surface area contributed by atoms with E-state index in [9.17, 15) is 4.79 Å². The Bertz CT molecular complexity index is 367. The van der Waals surface area contributed by atoms with E-state index < -0.39 is 0 Å². The molecule has 1 heterocycles. The third-order valence-corrected chi connectivity index (χ3v) is 2.99. The van der Waals surface area contributed by atoms with E-state index in [1.807, 2.05) is 18.2 Å². The second-order valence-corrected chi connectivity index (χ2v) is 4.42. The van der Waals surface area contributed by atoms with Gasteiger partial charge in [-0.1, -0.05) is 30.3 Å². The van der Waals surface area contributed by atoms with Crippen LogP contribution in [0.4, 0.5) is 0 Å². The normalized spacial score (nSPS) is 21.2. The SMILES string of the molecule is O=C1CN(CCc2ccccc2)CC(CO)N1. The maximum Gasteiger partial charge on any atom is 0.234 e. The smallest absolute Gasteiger partial charge is 0.234 e. The average molecular weight is 234 g/mol. The van der Waals surface area contributed by atoms with Gasteiger partial charge in [0.05, 0.1) is 19.2 Å². The Labute approximate surface area is 101 Å². The van der Waals surface area contributed by atoms with Gasteiger partial charge in [0.1, 0.15) is 0 Å². The Hall–Kier alpha value is -1.39. The second kappa shape index (κ2) is 5.80. The fourth-order valence-corrected chi connectivity index (χ4v) is 2.10. The number of rotatable bonds is 4. The largest absolute Gasteiger partial charge is 0.394 e. The highest BCUT2D eigenvalue weighted by Gasteiger charge is 2.23. The molecular formula is C13H18N2O2. The third-order valence-electron chi connectivity index (χ3n) is 2.99. The maximum atomic E-state index is 11.4. The van der Waals surface area contributed by atoms with E-state index >= 15 is 0 Å². The number of carbonyl (C=O) groups is 1. The van der Waals surface area contributed by atoms with Gasteiger partial charge in [0.2, 0.25) is 5.91 Å². The Morgan fingerprint density at radius 1 is 1.35 bits per heavy atom. The quantitative estimate of drug-likeness (QED) is 0.772. The number of carbonyl (C=O) groups excluding carboxylic acids is 1. The number of aliphatic hydroxyl groups excluding tert-OH is 1. The first-order chi connectivity index (χ1) is 8.28. The standard InChI is InChI=1S/C13H18N2O2/c16-10-12-8-15(9-13(17)14-12)7-6-11-4-2-1-3-5-11/h1-5,12,16H,6-10H2,(H,14,17). The molecule has 0 spiro atoms. The number of nitrogens with one attached hydrogen (secondary N) is 1. The lowest BCUT2D eigenvalue weighted by molar-refractivity contribution is -0.126. The molecule has 92 valence electrons. The van der Waals surface area contributed by atoms with Crippen LogP contribution < -0.4 is 5.32 Å². The molecule has 17 heavy (non-hydrogen) atoms. The van der Waals surface area contributed by atoms with Crippen LogP contribution in [0.15, 0.2) is 30.3 Å². The molecule has 0 radical (unpaired) electrons. The molecule has 4 nitrogen and oxygen atoms in total. The minimum Gasteiger partial charge on any atom is -0.394 e. The van der Waals surface area contributed by atoms with Crippen molar-refractivity contribution >= 4 is 5.91 Å². The highest BCUT2D eigenvalue weighted by molar-refractivity contribution is 5.79. The van der Waals surface area contributed by atoms with Gasteiger partial charge in [-0.15, -0.1) is 0 Å². The summed E-state index contributed by atoms with van der Waals surface area (Å²) in [6, 6.07) is 10.1. The van der Waals surface area contributed by atoms with Gasteiger partial charge in [-0.2, -0.15) is 0 Å². The van der Waals surface area contributed by atoms with Gasteiger partial charge in [0.15, 0.2) is 0 Å². The summed E-state index contributed by atoms with van der Waals surface area (Å²) in [7, 11) is 0. The molecule has 1 fully saturated rings. The van der Waals surface area contributed by atoms with Gasteiger partial charge >= 0.3 is 0 Å². The predicted molar refractivity (Wildman–Crippen MR) is 65.6 cm³/mol. The Kier molecular flexibility index (Phi) is 4.12. The Morgan fingerprint density at radius 3 is 2.82 bits per heavy atom. The summed E-state index contributed by atoms with van der Waals surface area (Å²) in [6.45, 7) is 2.03. The zero-order valence-electron chi connectivity index (χ0n) is 9.80. The van der Waals surface area contributed by atoms with Gasteiger partial charge < -0.3 is 10.4 Å². The molecule has 1 aromatic rings. The van der Waals surface area contributed by atoms with Crippen LogP contribution in [0.2, 0.25) is 0 Å². The highest BCUT2D eigenvalue weighted by Crippen LogP contribution is 2.04. The first kappa shape index (κ1) is 12.1. The summed E-state index contributed by atoms with van der Waals surface area (Å²) >= 11 is 0. The van der Waals surface area contributed by atoms with Crippen LogP contribution in [-0.2, 0) is 11.2 Å². The first-order valence-electron chi connectivity index (χ1n) is 5.94. The zero-order chi connectivity index (χ0) is 12.1. The van der Waals surface area contributed by atoms with Crippen molar-refractivity contribution in [3.05, 3.63) is 35.9 Å². The molecule has 2 N–H and O–H groups in total. The molecular weight excluding hydrogens is 216 g/mol. The van der Waals surface area contributed by atoms with Gasteiger partial charge in [0, 0.05) is 13.1 Å². The van der Waals surface area contributed by atoms with Crippen molar-refractivity contribution in [2.45, 2.75) is 12.5 Å². The van der Waals surface area contributed by atoms with Crippen molar-refractivity contribution in [2.24, 2.45) is 0 Å². The van der Waals surface area contributed by atoms with E-state index in [0.29, 0.717) is 6.54 Å². The monoisotopic (exact) mass is 234 g/mol. The van der Waals surface area contributed by atoms with E-state index in [1.165, 1.54) is 5.56 Å². The van der Waals surface area contributed by atoms with E-state index in [4.69, 9.17) is 5.11 Å². The minimum atomic E-state index is -0.118. The van der Waals surface area contributed by atoms with Crippen LogP contribution in [0, 0.1) is 0 Å². The highest BCUT2D eigenvalue weighted by atomic mass is 16.3. The van der Waals surface area contributed by atoms with E-state index in [-0.39, 0.29) is 18.6 Å². The molecule has 1 atom stereocenters. The molecule has 1 aromatic carbocycles. The third kappa shape index (κ3) is 3.54. The molecule has 0 saturated carbocycles. The van der Waals surface area contributed by atoms with Crippen molar-refractivity contribution in [1.29, 1.82) is 0 Å². The molecule has 1 saturated heterocycles. The number of hydrogen-bond donors (Lipinski definition) is 2. The molecule has 1 aliphatic rings. The Balaban J connectivity index is 1.84. The van der Waals surface area contributed by atoms with Crippen molar-refractivity contribution in [2.75, 3.05) is 26.2 Å². The van der Waals surface area contributed by atoms with Crippen LogP contribution in [0.3, 0.4) is 0 Å². The van der Waals surface area contributed by atoms with Gasteiger partial charge in [0.25, 0.3) is 0 Å². The molecule has 0 bridgehead atoms.